The van der Waals surface area contributed by atoms with Gasteiger partial charge in [0.05, 0.1) is 6.61 Å². The monoisotopic (exact) mass is 335 g/mol. The summed E-state index contributed by atoms with van der Waals surface area (Å²) in [6.07, 6.45) is 0. The van der Waals surface area contributed by atoms with Gasteiger partial charge in [-0.2, -0.15) is 0 Å². The Bertz CT molecular complexity index is 727. The Balaban J connectivity index is 2.49. The molecule has 0 heterocycles. The fraction of sp³-hybridized carbons (Fsp3) is 0.200. The van der Waals surface area contributed by atoms with Crippen LogP contribution in [0.15, 0.2) is 76.9 Å². The summed E-state index contributed by atoms with van der Waals surface area (Å²) in [4.78, 5) is 16.9. The van der Waals surface area contributed by atoms with Crippen LogP contribution in [0.4, 0.5) is 0 Å². The number of benzene rings is 2. The molecule has 0 radical (unpaired) electrons. The quantitative estimate of drug-likeness (QED) is 0.290. The van der Waals surface area contributed by atoms with Crippen molar-refractivity contribution in [3.8, 4) is 0 Å². The molecule has 0 aliphatic carbocycles. The number of hydrogen-bond donors (Lipinski definition) is 1. The predicted molar refractivity (Wildman–Crippen MR) is 103 cm³/mol. The highest BCUT2D eigenvalue weighted by atomic mass is 16.5. The number of aliphatic hydroxyl groups is 1. The third kappa shape index (κ3) is 4.83. The lowest BCUT2D eigenvalue weighted by Crippen LogP contribution is -2.41. The summed E-state index contributed by atoms with van der Waals surface area (Å²) in [7, 11) is 0. The van der Waals surface area contributed by atoms with Crippen LogP contribution in [0, 0.1) is 0 Å². The molecule has 0 saturated carbocycles. The lowest BCUT2D eigenvalue weighted by molar-refractivity contribution is -0.138. The summed E-state index contributed by atoms with van der Waals surface area (Å²) >= 11 is 0. The molecule has 2 aromatic carbocycles. The lowest BCUT2D eigenvalue weighted by atomic mass is 9.51. The molecular formula is C20H22BNO3. The molecule has 5 heteroatoms. The Kier molecular flexibility index (Phi) is 6.58. The molecular weight excluding hydrogens is 313 g/mol. The lowest BCUT2D eigenvalue weighted by Gasteiger charge is -2.13. The van der Waals surface area contributed by atoms with Gasteiger partial charge in [-0.15, -0.1) is 0 Å². The summed E-state index contributed by atoms with van der Waals surface area (Å²) < 4.78 is 5.04. The second-order valence-electron chi connectivity index (χ2n) is 5.62. The number of ether oxygens (including phenoxy) is 1. The highest BCUT2D eigenvalue weighted by Crippen LogP contribution is 2.08. The molecule has 0 saturated heterocycles. The Morgan fingerprint density at radius 1 is 1.00 bits per heavy atom. The first kappa shape index (κ1) is 18.5. The van der Waals surface area contributed by atoms with Crippen LogP contribution in [0.2, 0.25) is 0 Å². The maximum atomic E-state index is 12.2. The van der Waals surface area contributed by atoms with Crippen molar-refractivity contribution in [2.45, 2.75) is 20.8 Å². The molecule has 0 unspecified atom stereocenters. The highest BCUT2D eigenvalue weighted by molar-refractivity contribution is 6.84. The molecule has 0 fully saturated rings. The van der Waals surface area contributed by atoms with E-state index in [2.05, 4.69) is 0 Å². The van der Waals surface area contributed by atoms with Gasteiger partial charge in [0.1, 0.15) is 11.3 Å². The average Bonchev–Trinajstić information content (AvgIpc) is 2.61. The third-order valence-electron chi connectivity index (χ3n) is 3.76. The van der Waals surface area contributed by atoms with E-state index >= 15 is 0 Å². The number of nitrogens with zero attached hydrogens (tertiary/aromatic N) is 1. The molecule has 25 heavy (non-hydrogen) atoms. The third-order valence-corrected chi connectivity index (χ3v) is 3.76. The van der Waals surface area contributed by atoms with Crippen molar-refractivity contribution in [3.05, 3.63) is 72.0 Å². The number of aliphatic hydroxyl groups excluding tert-OH is 1. The minimum atomic E-state index is -0.566. The maximum absolute atomic E-state index is 12.2. The van der Waals surface area contributed by atoms with Gasteiger partial charge in [-0.3, -0.25) is 0 Å². The van der Waals surface area contributed by atoms with Crippen LogP contribution in [0.3, 0.4) is 0 Å². The molecule has 128 valence electrons. The van der Waals surface area contributed by atoms with Gasteiger partial charge in [-0.05, 0) is 31.7 Å². The van der Waals surface area contributed by atoms with Crippen molar-refractivity contribution in [1.29, 1.82) is 0 Å². The zero-order chi connectivity index (χ0) is 18.2. The van der Waals surface area contributed by atoms with Gasteiger partial charge < -0.3 is 14.7 Å². The second kappa shape index (κ2) is 8.88. The largest absolute Gasteiger partial charge is 0.512 e. The average molecular weight is 335 g/mol. The summed E-state index contributed by atoms with van der Waals surface area (Å²) in [5.74, 6) is -0.664. The summed E-state index contributed by atoms with van der Waals surface area (Å²) in [5, 5.41) is 9.93. The van der Waals surface area contributed by atoms with Crippen LogP contribution in [0.5, 0.6) is 0 Å². The van der Waals surface area contributed by atoms with Gasteiger partial charge in [-0.1, -0.05) is 60.7 Å². The van der Waals surface area contributed by atoms with E-state index in [4.69, 9.17) is 9.64 Å². The second-order valence-corrected chi connectivity index (χ2v) is 5.62. The van der Waals surface area contributed by atoms with E-state index in [-0.39, 0.29) is 24.8 Å². The molecule has 0 spiro atoms. The first-order valence-electron chi connectivity index (χ1n) is 8.26. The van der Waals surface area contributed by atoms with E-state index in [1.165, 1.54) is 6.92 Å². The van der Waals surface area contributed by atoms with Crippen molar-refractivity contribution < 1.29 is 14.6 Å². The molecule has 0 amide bonds. The molecule has 1 N–H and O–H groups in total. The maximum Gasteiger partial charge on any atom is 0.344 e. The van der Waals surface area contributed by atoms with Crippen molar-refractivity contribution in [1.82, 2.24) is 0 Å². The van der Waals surface area contributed by atoms with Crippen LogP contribution in [0.25, 0.3) is 0 Å². The molecule has 0 aromatic heterocycles. The smallest absolute Gasteiger partial charge is 0.344 e. The van der Waals surface area contributed by atoms with Crippen LogP contribution < -0.4 is 10.9 Å². The SMILES string of the molecule is CCOC(=O)C(C(C)=NB(c1ccccc1)c1ccccc1)=C(C)O. The summed E-state index contributed by atoms with van der Waals surface area (Å²) in [6.45, 7) is 4.87. The van der Waals surface area contributed by atoms with Gasteiger partial charge in [0.2, 0.25) is 0 Å². The van der Waals surface area contributed by atoms with Gasteiger partial charge in [0.25, 0.3) is 0 Å². The van der Waals surface area contributed by atoms with Gasteiger partial charge in [0, 0.05) is 5.71 Å². The molecule has 0 bridgehead atoms. The molecule has 0 aliphatic heterocycles. The minimum absolute atomic E-state index is 0.0976. The topological polar surface area (TPSA) is 58.9 Å². The van der Waals surface area contributed by atoms with Crippen molar-refractivity contribution in [2.24, 2.45) is 4.90 Å². The number of carbonyl (C=O) groups excluding carboxylic acids is 1. The molecule has 2 aromatic rings. The number of esters is 1. The van der Waals surface area contributed by atoms with Crippen molar-refractivity contribution in [3.63, 3.8) is 0 Å². The minimum Gasteiger partial charge on any atom is -0.512 e. The Morgan fingerprint density at radius 2 is 1.48 bits per heavy atom. The standard InChI is InChI=1S/C20H22BNO3/c1-4-25-20(24)19(16(3)23)15(2)22-21(17-11-7-5-8-12-17)18-13-9-6-10-14-18/h5-14,23H,4H2,1-3H3. The first-order valence-corrected chi connectivity index (χ1v) is 8.26. The van der Waals surface area contributed by atoms with E-state index < -0.39 is 5.97 Å². The highest BCUT2D eigenvalue weighted by Gasteiger charge is 2.23. The molecule has 4 nitrogen and oxygen atoms in total. The number of hydrogen-bond acceptors (Lipinski definition) is 4. The van der Waals surface area contributed by atoms with Gasteiger partial charge in [0.15, 0.2) is 0 Å². The molecule has 2 rings (SSSR count). The van der Waals surface area contributed by atoms with E-state index in [0.29, 0.717) is 5.71 Å². The van der Waals surface area contributed by atoms with Crippen LogP contribution >= 0.6 is 0 Å². The van der Waals surface area contributed by atoms with Crippen molar-refractivity contribution >= 4 is 29.5 Å². The van der Waals surface area contributed by atoms with Crippen LogP contribution in [0.1, 0.15) is 20.8 Å². The zero-order valence-corrected chi connectivity index (χ0v) is 14.8. The van der Waals surface area contributed by atoms with E-state index in [0.717, 1.165) is 10.9 Å². The Hall–Kier alpha value is -2.82. The first-order chi connectivity index (χ1) is 12.0. The Labute approximate surface area is 149 Å². The van der Waals surface area contributed by atoms with E-state index in [1.807, 2.05) is 60.7 Å². The normalized spacial score (nSPS) is 12.4. The fourth-order valence-electron chi connectivity index (χ4n) is 2.63. The van der Waals surface area contributed by atoms with Crippen molar-refractivity contribution in [2.75, 3.05) is 6.61 Å². The van der Waals surface area contributed by atoms with Gasteiger partial charge >= 0.3 is 12.8 Å². The Morgan fingerprint density at radius 3 is 1.88 bits per heavy atom. The fourth-order valence-corrected chi connectivity index (χ4v) is 2.63. The molecule has 0 atom stereocenters. The summed E-state index contributed by atoms with van der Waals surface area (Å²) in [5.41, 5.74) is 2.56. The van der Waals surface area contributed by atoms with Crippen LogP contribution in [-0.4, -0.2) is 30.2 Å². The number of allylic oxidation sites excluding steroid dienone is 1. The predicted octanol–water partition coefficient (Wildman–Crippen LogP) is 2.65. The van der Waals surface area contributed by atoms with E-state index in [1.54, 1.807) is 13.8 Å². The van der Waals surface area contributed by atoms with Gasteiger partial charge in [-0.25, -0.2) is 4.79 Å². The molecule has 0 aliphatic rings. The number of rotatable bonds is 6. The zero-order valence-electron chi connectivity index (χ0n) is 14.8. The van der Waals surface area contributed by atoms with E-state index in [9.17, 15) is 9.90 Å². The summed E-state index contributed by atoms with van der Waals surface area (Å²) in [6, 6.07) is 19.7. The van der Waals surface area contributed by atoms with Crippen LogP contribution in [-0.2, 0) is 9.53 Å². The number of carbonyl (C=O) groups is 1.